The number of carbonyl (C=O) groups is 2. The van der Waals surface area contributed by atoms with Gasteiger partial charge in [0.1, 0.15) is 5.78 Å². The van der Waals surface area contributed by atoms with E-state index < -0.39 is 0 Å². The molecule has 0 aromatic heterocycles. The number of ketones is 1. The van der Waals surface area contributed by atoms with Crippen molar-refractivity contribution in [3.05, 3.63) is 0 Å². The fourth-order valence-corrected chi connectivity index (χ4v) is 2.64. The van der Waals surface area contributed by atoms with E-state index >= 15 is 0 Å². The SMILES string of the molecule is CC(=O)C1CCN(C(=O)C23CC2C3)C1. The van der Waals surface area contributed by atoms with Crippen LogP contribution in [0.1, 0.15) is 26.2 Å². The number of hydrogen-bond acceptors (Lipinski definition) is 2. The van der Waals surface area contributed by atoms with Gasteiger partial charge in [-0.2, -0.15) is 0 Å². The summed E-state index contributed by atoms with van der Waals surface area (Å²) in [6, 6.07) is 0. The van der Waals surface area contributed by atoms with E-state index in [1.54, 1.807) is 6.92 Å². The van der Waals surface area contributed by atoms with Gasteiger partial charge in [-0.05, 0) is 32.1 Å². The van der Waals surface area contributed by atoms with Crippen molar-refractivity contribution >= 4 is 11.7 Å². The molecule has 2 aliphatic carbocycles. The second-order valence-electron chi connectivity index (χ2n) is 5.11. The number of rotatable bonds is 2. The lowest BCUT2D eigenvalue weighted by Crippen LogP contribution is -2.33. The molecule has 2 saturated carbocycles. The highest BCUT2D eigenvalue weighted by atomic mass is 16.2. The number of carbonyl (C=O) groups excluding carboxylic acids is 2. The van der Waals surface area contributed by atoms with Crippen LogP contribution >= 0.6 is 0 Å². The number of amides is 1. The van der Waals surface area contributed by atoms with E-state index in [2.05, 4.69) is 0 Å². The van der Waals surface area contributed by atoms with Crippen molar-refractivity contribution in [3.63, 3.8) is 0 Å². The van der Waals surface area contributed by atoms with Gasteiger partial charge in [0.05, 0.1) is 5.41 Å². The zero-order chi connectivity index (χ0) is 9.92. The summed E-state index contributed by atoms with van der Waals surface area (Å²) in [6.45, 7) is 3.12. The molecule has 3 rings (SSSR count). The van der Waals surface area contributed by atoms with Crippen LogP contribution < -0.4 is 0 Å². The quantitative estimate of drug-likeness (QED) is 0.651. The predicted octanol–water partition coefficient (Wildman–Crippen LogP) is 0.834. The summed E-state index contributed by atoms with van der Waals surface area (Å²) in [6.07, 6.45) is 3.11. The molecule has 1 saturated heterocycles. The van der Waals surface area contributed by atoms with E-state index in [9.17, 15) is 9.59 Å². The molecule has 1 unspecified atom stereocenters. The van der Waals surface area contributed by atoms with Crippen LogP contribution in [0, 0.1) is 17.3 Å². The second-order valence-corrected chi connectivity index (χ2v) is 5.11. The maximum atomic E-state index is 12.0. The summed E-state index contributed by atoms with van der Waals surface area (Å²) in [5, 5.41) is 0. The van der Waals surface area contributed by atoms with Crippen molar-refractivity contribution in [2.75, 3.05) is 13.1 Å². The minimum absolute atomic E-state index is 0.0890. The van der Waals surface area contributed by atoms with Crippen LogP contribution in [0.5, 0.6) is 0 Å². The van der Waals surface area contributed by atoms with Gasteiger partial charge in [0.25, 0.3) is 0 Å². The van der Waals surface area contributed by atoms with Gasteiger partial charge in [0.2, 0.25) is 5.91 Å². The molecule has 1 atom stereocenters. The predicted molar refractivity (Wildman–Crippen MR) is 50.5 cm³/mol. The van der Waals surface area contributed by atoms with Crippen LogP contribution in [0.2, 0.25) is 0 Å². The summed E-state index contributed by atoms with van der Waals surface area (Å²) in [4.78, 5) is 25.0. The molecular formula is C11H15NO2. The Morgan fingerprint density at radius 3 is 2.43 bits per heavy atom. The number of hydrogen-bond donors (Lipinski definition) is 0. The average Bonchev–Trinajstić information content (AvgIpc) is 2.89. The Balaban J connectivity index is 1.65. The zero-order valence-corrected chi connectivity index (χ0v) is 8.45. The van der Waals surface area contributed by atoms with E-state index in [-0.39, 0.29) is 17.1 Å². The van der Waals surface area contributed by atoms with Crippen molar-refractivity contribution in [1.82, 2.24) is 4.90 Å². The molecular weight excluding hydrogens is 178 g/mol. The first-order valence-corrected chi connectivity index (χ1v) is 5.43. The number of Topliss-reactive ketones (excluding diaryl/α,β-unsaturated/α-hetero) is 1. The molecule has 1 heterocycles. The first-order chi connectivity index (χ1) is 6.63. The molecule has 3 aliphatic rings. The molecule has 3 heteroatoms. The summed E-state index contributed by atoms with van der Waals surface area (Å²) in [7, 11) is 0. The van der Waals surface area contributed by atoms with Crippen molar-refractivity contribution in [1.29, 1.82) is 0 Å². The van der Waals surface area contributed by atoms with Crippen molar-refractivity contribution in [3.8, 4) is 0 Å². The Morgan fingerprint density at radius 1 is 1.36 bits per heavy atom. The van der Waals surface area contributed by atoms with Gasteiger partial charge in [-0.15, -0.1) is 0 Å². The molecule has 0 spiro atoms. The van der Waals surface area contributed by atoms with E-state index in [1.807, 2.05) is 4.90 Å². The summed E-state index contributed by atoms with van der Waals surface area (Å²) < 4.78 is 0. The minimum Gasteiger partial charge on any atom is -0.341 e. The zero-order valence-electron chi connectivity index (χ0n) is 8.45. The summed E-state index contributed by atoms with van der Waals surface area (Å²) >= 11 is 0. The monoisotopic (exact) mass is 193 g/mol. The number of fused-ring (bicyclic) bond motifs is 1. The molecule has 3 nitrogen and oxygen atoms in total. The molecule has 3 fully saturated rings. The first-order valence-electron chi connectivity index (χ1n) is 5.43. The smallest absolute Gasteiger partial charge is 0.229 e. The molecule has 0 radical (unpaired) electrons. The maximum absolute atomic E-state index is 12.0. The third-order valence-corrected chi connectivity index (χ3v) is 4.16. The van der Waals surface area contributed by atoms with E-state index in [1.165, 1.54) is 0 Å². The number of likely N-dealkylation sites (tertiary alicyclic amines) is 1. The molecule has 0 bridgehead atoms. The Morgan fingerprint density at radius 2 is 2.00 bits per heavy atom. The second kappa shape index (κ2) is 2.38. The Hall–Kier alpha value is -0.860. The largest absolute Gasteiger partial charge is 0.341 e. The Kier molecular flexibility index (Phi) is 1.44. The average molecular weight is 193 g/mol. The van der Waals surface area contributed by atoms with Gasteiger partial charge in [-0.1, -0.05) is 0 Å². The van der Waals surface area contributed by atoms with Gasteiger partial charge in [0.15, 0.2) is 0 Å². The molecule has 14 heavy (non-hydrogen) atoms. The molecule has 76 valence electrons. The van der Waals surface area contributed by atoms with Crippen molar-refractivity contribution in [2.24, 2.45) is 17.3 Å². The van der Waals surface area contributed by atoms with Crippen LogP contribution in [0.4, 0.5) is 0 Å². The normalized spacial score (nSPS) is 43.4. The van der Waals surface area contributed by atoms with Crippen LogP contribution in [-0.4, -0.2) is 29.7 Å². The topological polar surface area (TPSA) is 37.4 Å². The number of nitrogens with zero attached hydrogens (tertiary/aromatic N) is 1. The minimum atomic E-state index is 0.0890. The van der Waals surface area contributed by atoms with E-state index in [0.717, 1.165) is 25.8 Å². The van der Waals surface area contributed by atoms with Gasteiger partial charge in [0, 0.05) is 19.0 Å². The fraction of sp³-hybridized carbons (Fsp3) is 0.818. The highest BCUT2D eigenvalue weighted by Crippen LogP contribution is 2.76. The highest BCUT2D eigenvalue weighted by Gasteiger charge is 2.75. The third-order valence-electron chi connectivity index (χ3n) is 4.16. The Labute approximate surface area is 83.5 Å². The van der Waals surface area contributed by atoms with E-state index in [0.29, 0.717) is 18.4 Å². The maximum Gasteiger partial charge on any atom is 0.229 e. The lowest BCUT2D eigenvalue weighted by molar-refractivity contribution is -0.133. The molecule has 1 amide bonds. The van der Waals surface area contributed by atoms with Gasteiger partial charge >= 0.3 is 0 Å². The standard InChI is InChI=1S/C11H15NO2/c1-7(13)8-2-3-12(6-8)10(14)11-4-9(11)5-11/h8-9H,2-6H2,1H3. The van der Waals surface area contributed by atoms with Crippen molar-refractivity contribution < 1.29 is 9.59 Å². The van der Waals surface area contributed by atoms with Crippen LogP contribution in [0.3, 0.4) is 0 Å². The van der Waals surface area contributed by atoms with Gasteiger partial charge < -0.3 is 4.90 Å². The van der Waals surface area contributed by atoms with Gasteiger partial charge in [-0.25, -0.2) is 0 Å². The Bertz CT molecular complexity index is 317. The fourth-order valence-electron chi connectivity index (χ4n) is 2.64. The third kappa shape index (κ3) is 0.983. The van der Waals surface area contributed by atoms with Crippen molar-refractivity contribution in [2.45, 2.75) is 26.2 Å². The lowest BCUT2D eigenvalue weighted by Gasteiger charge is -2.17. The highest BCUT2D eigenvalue weighted by molar-refractivity contribution is 5.91. The first kappa shape index (κ1) is 8.45. The van der Waals surface area contributed by atoms with Crippen LogP contribution in [-0.2, 0) is 9.59 Å². The molecule has 0 N–H and O–H groups in total. The van der Waals surface area contributed by atoms with E-state index in [4.69, 9.17) is 0 Å². The lowest BCUT2D eigenvalue weighted by atomic mass is 10.1. The summed E-state index contributed by atoms with van der Waals surface area (Å²) in [5.74, 6) is 1.41. The summed E-state index contributed by atoms with van der Waals surface area (Å²) in [5.41, 5.74) is 0.0890. The van der Waals surface area contributed by atoms with Crippen LogP contribution in [0.15, 0.2) is 0 Å². The van der Waals surface area contributed by atoms with Gasteiger partial charge in [-0.3, -0.25) is 9.59 Å². The molecule has 0 aromatic carbocycles. The molecule has 1 aliphatic heterocycles. The molecule has 0 aromatic rings. The van der Waals surface area contributed by atoms with Crippen LogP contribution in [0.25, 0.3) is 0 Å².